The average Bonchev–Trinajstić information content (AvgIpc) is 2.53. The van der Waals surface area contributed by atoms with Crippen molar-refractivity contribution >= 4 is 23.4 Å². The second kappa shape index (κ2) is 7.17. The quantitative estimate of drug-likeness (QED) is 0.392. The van der Waals surface area contributed by atoms with Gasteiger partial charge in [0.25, 0.3) is 5.91 Å². The Labute approximate surface area is 131 Å². The van der Waals surface area contributed by atoms with Crippen LogP contribution < -0.4 is 11.1 Å². The molecule has 0 saturated carbocycles. The Bertz CT molecular complexity index is 757. The fourth-order valence-corrected chi connectivity index (χ4v) is 1.77. The zero-order valence-electron chi connectivity index (χ0n) is 12.2. The first-order valence-electron chi connectivity index (χ1n) is 6.64. The molecule has 0 radical (unpaired) electrons. The van der Waals surface area contributed by atoms with Crippen molar-refractivity contribution < 1.29 is 18.8 Å². The van der Waals surface area contributed by atoms with Crippen LogP contribution in [-0.4, -0.2) is 17.7 Å². The Balaban J connectivity index is 2.23. The molecule has 2 aromatic rings. The van der Waals surface area contributed by atoms with Crippen molar-refractivity contribution in [2.45, 2.75) is 6.92 Å². The standard InChI is InChI=1S/C16H14FN3O3/c1-10(21)23-20-15(18)13-4-2-3-5-14(13)19-16(22)11-6-8-12(17)9-7-11/h2-9H,1H3,(H2,18,20)(H,19,22). The van der Waals surface area contributed by atoms with Gasteiger partial charge in [0.15, 0.2) is 5.84 Å². The number of amides is 1. The SMILES string of the molecule is CC(=O)O/N=C(\N)c1ccccc1NC(=O)c1ccc(F)cc1. The summed E-state index contributed by atoms with van der Waals surface area (Å²) in [6, 6.07) is 11.7. The molecule has 2 aromatic carbocycles. The minimum atomic E-state index is -0.610. The Morgan fingerprint density at radius 2 is 1.78 bits per heavy atom. The highest BCUT2D eigenvalue weighted by molar-refractivity contribution is 6.09. The van der Waals surface area contributed by atoms with Gasteiger partial charge in [-0.3, -0.25) is 4.79 Å². The Hall–Kier alpha value is -3.22. The van der Waals surface area contributed by atoms with Gasteiger partial charge in [0.2, 0.25) is 0 Å². The Morgan fingerprint density at radius 3 is 2.43 bits per heavy atom. The van der Waals surface area contributed by atoms with E-state index >= 15 is 0 Å². The van der Waals surface area contributed by atoms with Crippen molar-refractivity contribution in [2.75, 3.05) is 5.32 Å². The lowest BCUT2D eigenvalue weighted by Crippen LogP contribution is -2.19. The minimum absolute atomic E-state index is 0.0600. The zero-order chi connectivity index (χ0) is 16.8. The summed E-state index contributed by atoms with van der Waals surface area (Å²) in [5, 5.41) is 6.14. The van der Waals surface area contributed by atoms with E-state index in [0.29, 0.717) is 11.3 Å². The average molecular weight is 315 g/mol. The summed E-state index contributed by atoms with van der Waals surface area (Å²) in [4.78, 5) is 27.4. The maximum atomic E-state index is 12.9. The van der Waals surface area contributed by atoms with Crippen molar-refractivity contribution in [3.63, 3.8) is 0 Å². The van der Waals surface area contributed by atoms with Gasteiger partial charge in [-0.15, -0.1) is 0 Å². The summed E-state index contributed by atoms with van der Waals surface area (Å²) in [7, 11) is 0. The molecule has 23 heavy (non-hydrogen) atoms. The fourth-order valence-electron chi connectivity index (χ4n) is 1.77. The number of nitrogens with two attached hydrogens (primary N) is 1. The van der Waals surface area contributed by atoms with E-state index in [2.05, 4.69) is 15.3 Å². The number of halogens is 1. The van der Waals surface area contributed by atoms with Gasteiger partial charge in [0.1, 0.15) is 5.82 Å². The summed E-state index contributed by atoms with van der Waals surface area (Å²) in [6.45, 7) is 1.19. The van der Waals surface area contributed by atoms with Gasteiger partial charge < -0.3 is 15.9 Å². The zero-order valence-corrected chi connectivity index (χ0v) is 12.2. The molecule has 0 heterocycles. The van der Waals surface area contributed by atoms with Crippen LogP contribution in [-0.2, 0) is 9.63 Å². The molecule has 0 atom stereocenters. The molecule has 0 fully saturated rings. The van der Waals surface area contributed by atoms with Gasteiger partial charge >= 0.3 is 5.97 Å². The third-order valence-electron chi connectivity index (χ3n) is 2.83. The molecule has 7 heteroatoms. The monoisotopic (exact) mass is 315 g/mol. The number of rotatable bonds is 4. The van der Waals surface area contributed by atoms with E-state index in [1.165, 1.54) is 31.2 Å². The molecular formula is C16H14FN3O3. The number of carbonyl (C=O) groups is 2. The number of benzene rings is 2. The highest BCUT2D eigenvalue weighted by Crippen LogP contribution is 2.16. The van der Waals surface area contributed by atoms with Crippen LogP contribution in [0.2, 0.25) is 0 Å². The molecule has 0 bridgehead atoms. The smallest absolute Gasteiger partial charge is 0.332 e. The first-order valence-corrected chi connectivity index (χ1v) is 6.64. The van der Waals surface area contributed by atoms with E-state index in [-0.39, 0.29) is 11.4 Å². The number of hydrogen-bond donors (Lipinski definition) is 2. The normalized spacial score (nSPS) is 11.0. The van der Waals surface area contributed by atoms with Gasteiger partial charge in [-0.05, 0) is 36.4 Å². The minimum Gasteiger partial charge on any atom is -0.380 e. The van der Waals surface area contributed by atoms with Crippen LogP contribution >= 0.6 is 0 Å². The molecule has 0 aromatic heterocycles. The van der Waals surface area contributed by atoms with E-state index in [9.17, 15) is 14.0 Å². The van der Waals surface area contributed by atoms with Crippen molar-refractivity contribution in [3.8, 4) is 0 Å². The molecule has 0 aliphatic rings. The predicted octanol–water partition coefficient (Wildman–Crippen LogP) is 2.26. The predicted molar refractivity (Wildman–Crippen MR) is 83.3 cm³/mol. The summed E-state index contributed by atoms with van der Waals surface area (Å²) < 4.78 is 12.9. The fraction of sp³-hybridized carbons (Fsp3) is 0.0625. The summed E-state index contributed by atoms with van der Waals surface area (Å²) >= 11 is 0. The first kappa shape index (κ1) is 16.2. The molecule has 118 valence electrons. The maximum absolute atomic E-state index is 12.9. The molecule has 0 unspecified atom stereocenters. The molecule has 0 aliphatic carbocycles. The maximum Gasteiger partial charge on any atom is 0.332 e. The third kappa shape index (κ3) is 4.37. The molecule has 2 rings (SSSR count). The molecule has 0 aliphatic heterocycles. The molecule has 1 amide bonds. The van der Waals surface area contributed by atoms with Crippen LogP contribution in [0.25, 0.3) is 0 Å². The van der Waals surface area contributed by atoms with Crippen LogP contribution in [0.3, 0.4) is 0 Å². The summed E-state index contributed by atoms with van der Waals surface area (Å²) in [5.41, 5.74) is 6.82. The van der Waals surface area contributed by atoms with Crippen LogP contribution in [0.1, 0.15) is 22.8 Å². The van der Waals surface area contributed by atoms with Gasteiger partial charge in [-0.25, -0.2) is 9.18 Å². The second-order valence-corrected chi connectivity index (χ2v) is 4.57. The highest BCUT2D eigenvalue weighted by Gasteiger charge is 2.11. The lowest BCUT2D eigenvalue weighted by molar-refractivity contribution is -0.140. The van der Waals surface area contributed by atoms with Crippen molar-refractivity contribution in [2.24, 2.45) is 10.9 Å². The molecule has 0 saturated heterocycles. The summed E-state index contributed by atoms with van der Waals surface area (Å²) in [5.74, 6) is -1.53. The Kier molecular flexibility index (Phi) is 5.03. The molecule has 0 spiro atoms. The van der Waals surface area contributed by atoms with Crippen molar-refractivity contribution in [1.82, 2.24) is 0 Å². The number of nitrogens with zero attached hydrogens (tertiary/aromatic N) is 1. The number of oxime groups is 1. The van der Waals surface area contributed by atoms with Crippen LogP contribution in [0, 0.1) is 5.82 Å². The van der Waals surface area contributed by atoms with Crippen molar-refractivity contribution in [1.29, 1.82) is 0 Å². The Morgan fingerprint density at radius 1 is 1.13 bits per heavy atom. The van der Waals surface area contributed by atoms with E-state index < -0.39 is 17.7 Å². The van der Waals surface area contributed by atoms with Gasteiger partial charge in [0, 0.05) is 18.1 Å². The molecule has 3 N–H and O–H groups in total. The van der Waals surface area contributed by atoms with Crippen molar-refractivity contribution in [3.05, 3.63) is 65.5 Å². The van der Waals surface area contributed by atoms with E-state index in [1.54, 1.807) is 24.3 Å². The molecular weight excluding hydrogens is 301 g/mol. The largest absolute Gasteiger partial charge is 0.380 e. The van der Waals surface area contributed by atoms with Gasteiger partial charge in [-0.2, -0.15) is 0 Å². The van der Waals surface area contributed by atoms with E-state index in [0.717, 1.165) is 0 Å². The van der Waals surface area contributed by atoms with Crippen LogP contribution in [0.5, 0.6) is 0 Å². The number of carbonyl (C=O) groups excluding carboxylic acids is 2. The van der Waals surface area contributed by atoms with E-state index in [4.69, 9.17) is 5.73 Å². The number of nitrogens with one attached hydrogen (secondary N) is 1. The third-order valence-corrected chi connectivity index (χ3v) is 2.83. The highest BCUT2D eigenvalue weighted by atomic mass is 19.1. The second-order valence-electron chi connectivity index (χ2n) is 4.57. The van der Waals surface area contributed by atoms with Gasteiger partial charge in [-0.1, -0.05) is 17.3 Å². The van der Waals surface area contributed by atoms with Crippen LogP contribution in [0.4, 0.5) is 10.1 Å². The molecule has 6 nitrogen and oxygen atoms in total. The number of para-hydroxylation sites is 1. The lowest BCUT2D eigenvalue weighted by atomic mass is 10.1. The number of amidine groups is 1. The lowest BCUT2D eigenvalue weighted by Gasteiger charge is -2.10. The first-order chi connectivity index (χ1) is 11.0. The van der Waals surface area contributed by atoms with Crippen LogP contribution in [0.15, 0.2) is 53.7 Å². The van der Waals surface area contributed by atoms with Gasteiger partial charge in [0.05, 0.1) is 5.69 Å². The summed E-state index contributed by atoms with van der Waals surface area (Å²) in [6.07, 6.45) is 0. The number of hydrogen-bond acceptors (Lipinski definition) is 4. The topological polar surface area (TPSA) is 93.8 Å². The van der Waals surface area contributed by atoms with E-state index in [1.807, 2.05) is 0 Å². The number of anilines is 1.